The third-order valence-corrected chi connectivity index (χ3v) is 8.38. The molecule has 6 nitrogen and oxygen atoms in total. The summed E-state index contributed by atoms with van der Waals surface area (Å²) in [6.07, 6.45) is 3.54. The Kier molecular flexibility index (Phi) is 6.33. The first kappa shape index (κ1) is 24.5. The second kappa shape index (κ2) is 9.82. The van der Waals surface area contributed by atoms with E-state index in [1.807, 2.05) is 48.5 Å². The Morgan fingerprint density at radius 2 is 1.68 bits per heavy atom. The van der Waals surface area contributed by atoms with E-state index in [1.165, 1.54) is 16.9 Å². The molecule has 0 N–H and O–H groups in total. The molecule has 0 saturated heterocycles. The van der Waals surface area contributed by atoms with Crippen molar-refractivity contribution in [1.82, 2.24) is 4.57 Å². The van der Waals surface area contributed by atoms with Crippen LogP contribution in [0.5, 0.6) is 17.2 Å². The molecule has 0 bridgehead atoms. The third-order valence-electron chi connectivity index (χ3n) is 7.06. The molecule has 0 unspecified atom stereocenters. The summed E-state index contributed by atoms with van der Waals surface area (Å²) in [5.41, 5.74) is 5.99. The van der Waals surface area contributed by atoms with E-state index >= 15 is 0 Å². The molecule has 2 aliphatic rings. The molecule has 38 heavy (non-hydrogen) atoms. The van der Waals surface area contributed by atoms with Gasteiger partial charge in [-0.3, -0.25) is 9.36 Å². The second-order valence-electron chi connectivity index (χ2n) is 9.09. The number of aromatic nitrogens is 1. The number of allylic oxidation sites excluding steroid dienone is 1. The lowest BCUT2D eigenvalue weighted by molar-refractivity contribution is 0.324. The quantitative estimate of drug-likeness (QED) is 0.355. The molecule has 1 aliphatic carbocycles. The zero-order chi connectivity index (χ0) is 26.4. The largest absolute Gasteiger partial charge is 0.493 e. The predicted molar refractivity (Wildman–Crippen MR) is 150 cm³/mol. The highest BCUT2D eigenvalue weighted by Gasteiger charge is 2.33. The molecule has 3 aromatic carbocycles. The Bertz CT molecular complexity index is 1760. The number of methoxy groups -OCH3 is 3. The number of ether oxygens (including phenoxy) is 3. The number of aryl methyl sites for hydroxylation is 1. The van der Waals surface area contributed by atoms with Crippen molar-refractivity contribution in [3.05, 3.63) is 113 Å². The van der Waals surface area contributed by atoms with Crippen LogP contribution >= 0.6 is 22.9 Å². The zero-order valence-electron chi connectivity index (χ0n) is 21.2. The highest BCUT2D eigenvalue weighted by atomic mass is 35.5. The van der Waals surface area contributed by atoms with Crippen molar-refractivity contribution in [1.29, 1.82) is 0 Å². The highest BCUT2D eigenvalue weighted by molar-refractivity contribution is 7.07. The lowest BCUT2D eigenvalue weighted by Crippen LogP contribution is -2.38. The van der Waals surface area contributed by atoms with E-state index in [0.29, 0.717) is 31.6 Å². The minimum absolute atomic E-state index is 0.113. The van der Waals surface area contributed by atoms with Crippen molar-refractivity contribution in [2.24, 2.45) is 4.99 Å². The molecule has 0 spiro atoms. The van der Waals surface area contributed by atoms with Crippen LogP contribution in [-0.2, 0) is 6.42 Å². The van der Waals surface area contributed by atoms with Crippen LogP contribution in [0.2, 0.25) is 5.02 Å². The van der Waals surface area contributed by atoms with Gasteiger partial charge in [-0.1, -0.05) is 65.4 Å². The molecule has 0 amide bonds. The maximum Gasteiger partial charge on any atom is 0.271 e. The van der Waals surface area contributed by atoms with Crippen LogP contribution in [0.25, 0.3) is 11.8 Å². The Balaban J connectivity index is 1.61. The molecule has 0 radical (unpaired) electrons. The van der Waals surface area contributed by atoms with E-state index in [1.54, 1.807) is 25.9 Å². The topological polar surface area (TPSA) is 62.1 Å². The molecule has 192 valence electrons. The molecule has 1 atom stereocenters. The third kappa shape index (κ3) is 3.94. The molecule has 1 aromatic heterocycles. The van der Waals surface area contributed by atoms with E-state index in [9.17, 15) is 4.79 Å². The monoisotopic (exact) mass is 544 g/mol. The fraction of sp³-hybridized carbons (Fsp3) is 0.200. The summed E-state index contributed by atoms with van der Waals surface area (Å²) in [5, 5.41) is 0.629. The number of hydrogen-bond donors (Lipinski definition) is 0. The van der Waals surface area contributed by atoms with Gasteiger partial charge in [-0.15, -0.1) is 0 Å². The average molecular weight is 545 g/mol. The minimum Gasteiger partial charge on any atom is -0.493 e. The van der Waals surface area contributed by atoms with Crippen molar-refractivity contribution >= 4 is 34.7 Å². The van der Waals surface area contributed by atoms with Crippen LogP contribution < -0.4 is 29.1 Å². The maximum atomic E-state index is 14.0. The van der Waals surface area contributed by atoms with Gasteiger partial charge in [0.05, 0.1) is 37.6 Å². The Morgan fingerprint density at radius 3 is 2.39 bits per heavy atom. The zero-order valence-corrected chi connectivity index (χ0v) is 22.7. The summed E-state index contributed by atoms with van der Waals surface area (Å²) < 4.78 is 18.8. The standard InChI is InChI=1S/C30H25ClN2O4S/c1-35-23-14-17(15-24(36-2)28(23)37-3)16-25-29(34)33-27(20-10-6-7-11-22(20)31)21-13-12-18-8-4-5-9-19(18)26(21)32-30(33)38-25/h4-11,14-16,27H,12-13H2,1-3H3/b25-16-/t27-/m1/s1. The second-order valence-corrected chi connectivity index (χ2v) is 10.5. The van der Waals surface area contributed by atoms with Crippen LogP contribution in [-0.4, -0.2) is 25.9 Å². The van der Waals surface area contributed by atoms with Crippen molar-refractivity contribution in [2.75, 3.05) is 21.3 Å². The summed E-state index contributed by atoms with van der Waals surface area (Å²) in [6.45, 7) is 0. The minimum atomic E-state index is -0.328. The molecular formula is C30H25ClN2O4S. The summed E-state index contributed by atoms with van der Waals surface area (Å²) in [7, 11) is 4.70. The maximum absolute atomic E-state index is 14.0. The SMILES string of the molecule is COc1cc(/C=c2\sc3n(c2=O)[C@H](c2ccccc2Cl)C2=C(N=3)c3ccccc3CC2)cc(OC)c1OC. The fourth-order valence-corrected chi connectivity index (χ4v) is 6.57. The first-order valence-electron chi connectivity index (χ1n) is 12.2. The Morgan fingerprint density at radius 1 is 0.974 bits per heavy atom. The molecule has 0 saturated carbocycles. The molecule has 6 rings (SSSR count). The number of rotatable bonds is 5. The van der Waals surface area contributed by atoms with Gasteiger partial charge >= 0.3 is 0 Å². The number of thiazole rings is 1. The normalized spacial score (nSPS) is 16.3. The average Bonchev–Trinajstić information content (AvgIpc) is 3.25. The molecule has 0 fully saturated rings. The number of fused-ring (bicyclic) bond motifs is 3. The van der Waals surface area contributed by atoms with E-state index in [4.69, 9.17) is 30.8 Å². The van der Waals surface area contributed by atoms with Crippen LogP contribution in [0.3, 0.4) is 0 Å². The number of nitrogens with zero attached hydrogens (tertiary/aromatic N) is 2. The van der Waals surface area contributed by atoms with Gasteiger partial charge in [-0.2, -0.15) is 0 Å². The summed E-state index contributed by atoms with van der Waals surface area (Å²) >= 11 is 8.09. The van der Waals surface area contributed by atoms with Crippen LogP contribution in [0, 0.1) is 0 Å². The first-order valence-corrected chi connectivity index (χ1v) is 13.4. The van der Waals surface area contributed by atoms with E-state index < -0.39 is 0 Å². The summed E-state index contributed by atoms with van der Waals surface area (Å²) in [4.78, 5) is 19.7. The van der Waals surface area contributed by atoms with E-state index in [2.05, 4.69) is 18.2 Å². The lowest BCUT2D eigenvalue weighted by atomic mass is 9.83. The number of hydrogen-bond acceptors (Lipinski definition) is 6. The summed E-state index contributed by atoms with van der Waals surface area (Å²) in [6, 6.07) is 19.4. The van der Waals surface area contributed by atoms with Gasteiger partial charge < -0.3 is 14.2 Å². The molecule has 2 heterocycles. The smallest absolute Gasteiger partial charge is 0.271 e. The van der Waals surface area contributed by atoms with Gasteiger partial charge in [-0.25, -0.2) is 4.99 Å². The molecule has 4 aromatic rings. The predicted octanol–water partition coefficient (Wildman–Crippen LogP) is 5.00. The van der Waals surface area contributed by atoms with Crippen molar-refractivity contribution in [2.45, 2.75) is 18.9 Å². The van der Waals surface area contributed by atoms with Crippen LogP contribution in [0.1, 0.15) is 34.7 Å². The van der Waals surface area contributed by atoms with E-state index in [-0.39, 0.29) is 11.6 Å². The van der Waals surface area contributed by atoms with Gasteiger partial charge in [0.15, 0.2) is 16.3 Å². The van der Waals surface area contributed by atoms with Gasteiger partial charge in [0, 0.05) is 10.6 Å². The Labute approximate surface area is 228 Å². The van der Waals surface area contributed by atoms with Gasteiger partial charge in [0.2, 0.25) is 5.75 Å². The fourth-order valence-electron chi connectivity index (χ4n) is 5.33. The lowest BCUT2D eigenvalue weighted by Gasteiger charge is -2.31. The first-order chi connectivity index (χ1) is 18.5. The van der Waals surface area contributed by atoms with E-state index in [0.717, 1.165) is 40.8 Å². The summed E-state index contributed by atoms with van der Waals surface area (Å²) in [5.74, 6) is 1.54. The Hall–Kier alpha value is -3.81. The molecule has 1 aliphatic heterocycles. The van der Waals surface area contributed by atoms with Crippen molar-refractivity contribution in [3.8, 4) is 17.2 Å². The number of benzene rings is 3. The van der Waals surface area contributed by atoms with Crippen molar-refractivity contribution in [3.63, 3.8) is 0 Å². The molecular weight excluding hydrogens is 520 g/mol. The number of halogens is 1. The highest BCUT2D eigenvalue weighted by Crippen LogP contribution is 2.43. The van der Waals surface area contributed by atoms with Crippen LogP contribution in [0.4, 0.5) is 0 Å². The van der Waals surface area contributed by atoms with Gasteiger partial charge in [0.25, 0.3) is 5.56 Å². The molecule has 8 heteroatoms. The van der Waals surface area contributed by atoms with Crippen LogP contribution in [0.15, 0.2) is 76.0 Å². The van der Waals surface area contributed by atoms with Crippen molar-refractivity contribution < 1.29 is 14.2 Å². The van der Waals surface area contributed by atoms with Gasteiger partial charge in [0.1, 0.15) is 0 Å². The van der Waals surface area contributed by atoms with Gasteiger partial charge in [-0.05, 0) is 59.4 Å².